The van der Waals surface area contributed by atoms with Gasteiger partial charge in [0.2, 0.25) is 0 Å². The normalized spacial score (nSPS) is 23.9. The van der Waals surface area contributed by atoms with Crippen LogP contribution in [-0.4, -0.2) is 20.3 Å². The van der Waals surface area contributed by atoms with Gasteiger partial charge in [0.25, 0.3) is 0 Å². The van der Waals surface area contributed by atoms with E-state index in [0.717, 1.165) is 31.4 Å². The van der Waals surface area contributed by atoms with Crippen LogP contribution in [0.3, 0.4) is 0 Å². The van der Waals surface area contributed by atoms with E-state index < -0.39 is 5.60 Å². The molecule has 2 aromatic rings. The number of nitrogens with zero attached hydrogens (tertiary/aromatic N) is 2. The summed E-state index contributed by atoms with van der Waals surface area (Å²) in [5.41, 5.74) is 3.01. The lowest BCUT2D eigenvalue weighted by molar-refractivity contribution is 0.0112. The van der Waals surface area contributed by atoms with Gasteiger partial charge in [0.15, 0.2) is 0 Å². The molecule has 3 heteroatoms. The lowest BCUT2D eigenvalue weighted by Crippen LogP contribution is -2.35. The molecule has 18 heavy (non-hydrogen) atoms. The molecular formula is C15H16N2O. The first-order valence-corrected chi connectivity index (χ1v) is 6.63. The van der Waals surface area contributed by atoms with E-state index in [-0.39, 0.29) is 6.04 Å². The zero-order valence-corrected chi connectivity index (χ0v) is 10.2. The Hall–Kier alpha value is -1.61. The number of aliphatic hydroxyl groups is 1. The number of fused-ring (bicyclic) bond motifs is 3. The summed E-state index contributed by atoms with van der Waals surface area (Å²) in [4.78, 5) is 4.25. The van der Waals surface area contributed by atoms with Gasteiger partial charge < -0.3 is 9.67 Å². The van der Waals surface area contributed by atoms with E-state index >= 15 is 0 Å². The number of aromatic nitrogens is 2. The molecule has 1 aliphatic heterocycles. The van der Waals surface area contributed by atoms with Crippen LogP contribution in [0, 0.1) is 0 Å². The molecule has 4 rings (SSSR count). The summed E-state index contributed by atoms with van der Waals surface area (Å²) in [6.07, 6.45) is 7.79. The summed E-state index contributed by atoms with van der Waals surface area (Å²) in [6.45, 7) is 0. The largest absolute Gasteiger partial charge is 0.387 e. The Morgan fingerprint density at radius 2 is 2.00 bits per heavy atom. The predicted octanol–water partition coefficient (Wildman–Crippen LogP) is 2.76. The van der Waals surface area contributed by atoms with Gasteiger partial charge in [-0.1, -0.05) is 37.1 Å². The average Bonchev–Trinajstić information content (AvgIpc) is 3.04. The second-order valence-electron chi connectivity index (χ2n) is 5.49. The Labute approximate surface area is 106 Å². The van der Waals surface area contributed by atoms with Gasteiger partial charge in [0.1, 0.15) is 0 Å². The van der Waals surface area contributed by atoms with E-state index in [0.29, 0.717) is 0 Å². The van der Waals surface area contributed by atoms with E-state index in [1.165, 1.54) is 11.1 Å². The van der Waals surface area contributed by atoms with Crippen molar-refractivity contribution in [1.82, 2.24) is 9.55 Å². The van der Waals surface area contributed by atoms with Gasteiger partial charge in [-0.15, -0.1) is 0 Å². The SMILES string of the molecule is OC1([C@H]2c3ccccc3-c3cncn32)CCCC1. The summed E-state index contributed by atoms with van der Waals surface area (Å²) in [5.74, 6) is 0. The summed E-state index contributed by atoms with van der Waals surface area (Å²) in [7, 11) is 0. The van der Waals surface area contributed by atoms with E-state index in [1.807, 2.05) is 12.5 Å². The van der Waals surface area contributed by atoms with Crippen molar-refractivity contribution in [2.45, 2.75) is 37.3 Å². The lowest BCUT2D eigenvalue weighted by atomic mass is 9.87. The fourth-order valence-corrected chi connectivity index (χ4v) is 3.65. The monoisotopic (exact) mass is 240 g/mol. The van der Waals surface area contributed by atoms with Crippen molar-refractivity contribution < 1.29 is 5.11 Å². The summed E-state index contributed by atoms with van der Waals surface area (Å²) < 4.78 is 2.15. The van der Waals surface area contributed by atoms with Gasteiger partial charge in [-0.2, -0.15) is 0 Å². The predicted molar refractivity (Wildman–Crippen MR) is 69.2 cm³/mol. The van der Waals surface area contributed by atoms with Crippen molar-refractivity contribution in [3.8, 4) is 11.3 Å². The summed E-state index contributed by atoms with van der Waals surface area (Å²) >= 11 is 0. The first-order chi connectivity index (χ1) is 8.80. The van der Waals surface area contributed by atoms with Crippen LogP contribution in [0.25, 0.3) is 11.3 Å². The fourth-order valence-electron chi connectivity index (χ4n) is 3.65. The molecule has 0 spiro atoms. The number of imidazole rings is 1. The maximum atomic E-state index is 11.0. The van der Waals surface area contributed by atoms with E-state index in [2.05, 4.69) is 33.8 Å². The average molecular weight is 240 g/mol. The van der Waals surface area contributed by atoms with Gasteiger partial charge in [0, 0.05) is 5.56 Å². The van der Waals surface area contributed by atoms with E-state index in [4.69, 9.17) is 0 Å². The topological polar surface area (TPSA) is 38.1 Å². The molecule has 0 unspecified atom stereocenters. The molecule has 1 N–H and O–H groups in total. The van der Waals surface area contributed by atoms with Crippen LogP contribution in [0.5, 0.6) is 0 Å². The highest BCUT2D eigenvalue weighted by molar-refractivity contribution is 5.69. The second-order valence-corrected chi connectivity index (χ2v) is 5.49. The molecule has 0 amide bonds. The van der Waals surface area contributed by atoms with E-state index in [9.17, 15) is 5.11 Å². The number of rotatable bonds is 1. The molecule has 1 aliphatic carbocycles. The number of hydrogen-bond donors (Lipinski definition) is 1. The Balaban J connectivity index is 1.94. The van der Waals surface area contributed by atoms with Crippen molar-refractivity contribution >= 4 is 0 Å². The zero-order valence-electron chi connectivity index (χ0n) is 10.2. The minimum atomic E-state index is -0.595. The van der Waals surface area contributed by atoms with Crippen LogP contribution in [0.2, 0.25) is 0 Å². The Bertz CT molecular complexity index is 596. The van der Waals surface area contributed by atoms with Gasteiger partial charge in [0.05, 0.1) is 29.9 Å². The summed E-state index contributed by atoms with van der Waals surface area (Å²) in [6, 6.07) is 8.43. The fraction of sp³-hybridized carbons (Fsp3) is 0.400. The molecule has 2 aliphatic rings. The standard InChI is InChI=1S/C15H16N2O/c18-15(7-3-4-8-15)14-12-6-2-1-5-11(12)13-9-16-10-17(13)14/h1-2,5-6,9-10,14,18H,3-4,7-8H2/t14-/m1/s1. The Kier molecular flexibility index (Phi) is 1.98. The molecule has 1 aromatic carbocycles. The van der Waals surface area contributed by atoms with Crippen molar-refractivity contribution in [2.75, 3.05) is 0 Å². The van der Waals surface area contributed by atoms with Crippen molar-refractivity contribution in [1.29, 1.82) is 0 Å². The first-order valence-electron chi connectivity index (χ1n) is 6.63. The highest BCUT2D eigenvalue weighted by Crippen LogP contribution is 2.49. The molecule has 1 saturated carbocycles. The molecule has 0 bridgehead atoms. The van der Waals surface area contributed by atoms with Crippen molar-refractivity contribution in [3.05, 3.63) is 42.4 Å². The van der Waals surface area contributed by atoms with Crippen LogP contribution < -0.4 is 0 Å². The molecule has 92 valence electrons. The maximum Gasteiger partial charge on any atom is 0.0957 e. The maximum absolute atomic E-state index is 11.0. The van der Waals surface area contributed by atoms with Gasteiger partial charge in [-0.25, -0.2) is 4.98 Å². The molecule has 3 nitrogen and oxygen atoms in total. The number of benzene rings is 1. The molecular weight excluding hydrogens is 224 g/mol. The molecule has 2 heterocycles. The van der Waals surface area contributed by atoms with Crippen LogP contribution >= 0.6 is 0 Å². The first kappa shape index (κ1) is 10.3. The third-order valence-corrected chi connectivity index (χ3v) is 4.45. The van der Waals surface area contributed by atoms with Crippen molar-refractivity contribution in [2.24, 2.45) is 0 Å². The minimum Gasteiger partial charge on any atom is -0.387 e. The van der Waals surface area contributed by atoms with Crippen LogP contribution in [0.1, 0.15) is 37.3 Å². The Morgan fingerprint density at radius 3 is 2.83 bits per heavy atom. The van der Waals surface area contributed by atoms with Gasteiger partial charge in [-0.05, 0) is 18.4 Å². The van der Waals surface area contributed by atoms with Crippen LogP contribution in [0.15, 0.2) is 36.8 Å². The van der Waals surface area contributed by atoms with Gasteiger partial charge in [-0.3, -0.25) is 0 Å². The molecule has 1 aromatic heterocycles. The Morgan fingerprint density at radius 1 is 1.22 bits per heavy atom. The smallest absolute Gasteiger partial charge is 0.0957 e. The van der Waals surface area contributed by atoms with Crippen molar-refractivity contribution in [3.63, 3.8) is 0 Å². The lowest BCUT2D eigenvalue weighted by Gasteiger charge is -2.31. The zero-order chi connectivity index (χ0) is 12.2. The van der Waals surface area contributed by atoms with Crippen LogP contribution in [-0.2, 0) is 0 Å². The molecule has 0 radical (unpaired) electrons. The van der Waals surface area contributed by atoms with E-state index in [1.54, 1.807) is 0 Å². The third kappa shape index (κ3) is 1.20. The molecule has 1 atom stereocenters. The van der Waals surface area contributed by atoms with Gasteiger partial charge >= 0.3 is 0 Å². The molecule has 0 saturated heterocycles. The van der Waals surface area contributed by atoms with Crippen LogP contribution in [0.4, 0.5) is 0 Å². The third-order valence-electron chi connectivity index (χ3n) is 4.45. The highest BCUT2D eigenvalue weighted by atomic mass is 16.3. The highest BCUT2D eigenvalue weighted by Gasteiger charge is 2.45. The minimum absolute atomic E-state index is 0.0497. The quantitative estimate of drug-likeness (QED) is 0.832. The number of hydrogen-bond acceptors (Lipinski definition) is 2. The second kappa shape index (κ2) is 3.45. The summed E-state index contributed by atoms with van der Waals surface area (Å²) in [5, 5.41) is 11.0. The molecule has 1 fully saturated rings.